The SMILES string of the molecule is CNCCC(O)C(O)c1cc(C)c(O)c(C)c1. The van der Waals surface area contributed by atoms with Crippen LogP contribution in [0.25, 0.3) is 0 Å². The second kappa shape index (κ2) is 6.00. The molecule has 2 atom stereocenters. The molecule has 96 valence electrons. The van der Waals surface area contributed by atoms with Crippen molar-refractivity contribution in [2.45, 2.75) is 32.5 Å². The van der Waals surface area contributed by atoms with Crippen LogP contribution in [-0.4, -0.2) is 35.0 Å². The Labute approximate surface area is 102 Å². The summed E-state index contributed by atoms with van der Waals surface area (Å²) in [6, 6.07) is 3.41. The summed E-state index contributed by atoms with van der Waals surface area (Å²) in [6.45, 7) is 4.20. The summed E-state index contributed by atoms with van der Waals surface area (Å²) in [7, 11) is 1.80. The van der Waals surface area contributed by atoms with Gasteiger partial charge in [-0.15, -0.1) is 0 Å². The molecule has 1 aromatic carbocycles. The number of phenols is 1. The molecule has 1 rings (SSSR count). The van der Waals surface area contributed by atoms with Crippen molar-refractivity contribution in [2.24, 2.45) is 0 Å². The lowest BCUT2D eigenvalue weighted by Crippen LogP contribution is -2.23. The average Bonchev–Trinajstić information content (AvgIpc) is 2.31. The number of aliphatic hydroxyl groups excluding tert-OH is 2. The van der Waals surface area contributed by atoms with Gasteiger partial charge in [0.15, 0.2) is 0 Å². The van der Waals surface area contributed by atoms with E-state index < -0.39 is 12.2 Å². The first kappa shape index (κ1) is 14.0. The lowest BCUT2D eigenvalue weighted by atomic mass is 9.97. The van der Waals surface area contributed by atoms with Crippen molar-refractivity contribution < 1.29 is 15.3 Å². The van der Waals surface area contributed by atoms with Gasteiger partial charge in [-0.3, -0.25) is 0 Å². The lowest BCUT2D eigenvalue weighted by molar-refractivity contribution is 0.0139. The van der Waals surface area contributed by atoms with E-state index in [4.69, 9.17) is 0 Å². The molecule has 4 N–H and O–H groups in total. The summed E-state index contributed by atoms with van der Waals surface area (Å²) in [5.41, 5.74) is 2.06. The number of phenolic OH excluding ortho intramolecular Hbond substituents is 1. The highest BCUT2D eigenvalue weighted by atomic mass is 16.3. The molecule has 0 aliphatic rings. The fourth-order valence-electron chi connectivity index (χ4n) is 1.83. The molecule has 1 aromatic rings. The largest absolute Gasteiger partial charge is 0.507 e. The van der Waals surface area contributed by atoms with Gasteiger partial charge in [-0.2, -0.15) is 0 Å². The molecular weight excluding hydrogens is 218 g/mol. The van der Waals surface area contributed by atoms with E-state index in [1.165, 1.54) is 0 Å². The number of aliphatic hydroxyl groups is 2. The second-order valence-corrected chi connectivity index (χ2v) is 4.41. The quantitative estimate of drug-likeness (QED) is 0.619. The van der Waals surface area contributed by atoms with E-state index in [1.54, 1.807) is 33.0 Å². The average molecular weight is 239 g/mol. The summed E-state index contributed by atoms with van der Waals surface area (Å²) >= 11 is 0. The van der Waals surface area contributed by atoms with Crippen LogP contribution in [0.2, 0.25) is 0 Å². The highest BCUT2D eigenvalue weighted by molar-refractivity contribution is 5.42. The molecule has 0 aromatic heterocycles. The minimum atomic E-state index is -0.915. The number of nitrogens with one attached hydrogen (secondary N) is 1. The van der Waals surface area contributed by atoms with E-state index in [2.05, 4.69) is 5.32 Å². The molecule has 4 heteroatoms. The van der Waals surface area contributed by atoms with Gasteiger partial charge in [0.1, 0.15) is 11.9 Å². The Hall–Kier alpha value is -1.10. The maximum absolute atomic E-state index is 10.00. The van der Waals surface area contributed by atoms with Crippen molar-refractivity contribution in [1.29, 1.82) is 0 Å². The van der Waals surface area contributed by atoms with Crippen LogP contribution < -0.4 is 5.32 Å². The van der Waals surface area contributed by atoms with Gasteiger partial charge < -0.3 is 20.6 Å². The number of aromatic hydroxyl groups is 1. The van der Waals surface area contributed by atoms with Gasteiger partial charge in [-0.1, -0.05) is 0 Å². The van der Waals surface area contributed by atoms with Crippen LogP contribution in [0.3, 0.4) is 0 Å². The Kier molecular flexibility index (Phi) is 4.93. The third-order valence-corrected chi connectivity index (χ3v) is 2.91. The molecule has 0 aliphatic heterocycles. The van der Waals surface area contributed by atoms with Crippen molar-refractivity contribution in [3.05, 3.63) is 28.8 Å². The van der Waals surface area contributed by atoms with Gasteiger partial charge in [-0.25, -0.2) is 0 Å². The zero-order chi connectivity index (χ0) is 13.0. The Morgan fingerprint density at radius 3 is 2.18 bits per heavy atom. The van der Waals surface area contributed by atoms with Crippen LogP contribution >= 0.6 is 0 Å². The van der Waals surface area contributed by atoms with E-state index >= 15 is 0 Å². The molecule has 0 saturated carbocycles. The number of hydrogen-bond acceptors (Lipinski definition) is 4. The lowest BCUT2D eigenvalue weighted by Gasteiger charge is -2.19. The predicted molar refractivity (Wildman–Crippen MR) is 67.1 cm³/mol. The number of rotatable bonds is 5. The van der Waals surface area contributed by atoms with Crippen LogP contribution in [0.15, 0.2) is 12.1 Å². The maximum Gasteiger partial charge on any atom is 0.121 e. The molecule has 0 saturated heterocycles. The van der Waals surface area contributed by atoms with Crippen molar-refractivity contribution in [3.8, 4) is 5.75 Å². The normalized spacial score (nSPS) is 14.6. The molecule has 0 fully saturated rings. The third kappa shape index (κ3) is 3.43. The minimum Gasteiger partial charge on any atom is -0.507 e. The van der Waals surface area contributed by atoms with Crippen molar-refractivity contribution in [2.75, 3.05) is 13.6 Å². The molecule has 0 heterocycles. The molecular formula is C13H21NO3. The standard InChI is InChI=1S/C13H21NO3/c1-8-6-10(7-9(2)12(8)16)13(17)11(15)4-5-14-3/h6-7,11,13-17H,4-5H2,1-3H3. The molecule has 0 amide bonds. The first-order chi connectivity index (χ1) is 7.97. The summed E-state index contributed by atoms with van der Waals surface area (Å²) in [6.07, 6.45) is -1.23. The van der Waals surface area contributed by atoms with Gasteiger partial charge in [0.2, 0.25) is 0 Å². The van der Waals surface area contributed by atoms with Crippen LogP contribution in [0.4, 0.5) is 0 Å². The Balaban J connectivity index is 2.85. The summed E-state index contributed by atoms with van der Waals surface area (Å²) in [5.74, 6) is 0.241. The van der Waals surface area contributed by atoms with E-state index in [1.807, 2.05) is 0 Å². The molecule has 0 spiro atoms. The highest BCUT2D eigenvalue weighted by Gasteiger charge is 2.19. The minimum absolute atomic E-state index is 0.241. The molecule has 0 aliphatic carbocycles. The Morgan fingerprint density at radius 2 is 1.71 bits per heavy atom. The molecule has 17 heavy (non-hydrogen) atoms. The monoisotopic (exact) mass is 239 g/mol. The van der Waals surface area contributed by atoms with E-state index in [0.29, 0.717) is 29.7 Å². The second-order valence-electron chi connectivity index (χ2n) is 4.41. The number of hydrogen-bond donors (Lipinski definition) is 4. The van der Waals surface area contributed by atoms with Gasteiger partial charge >= 0.3 is 0 Å². The predicted octanol–water partition coefficient (Wildman–Crippen LogP) is 1.01. The zero-order valence-corrected chi connectivity index (χ0v) is 10.6. The number of aryl methyl sites for hydroxylation is 2. The van der Waals surface area contributed by atoms with Crippen LogP contribution in [0, 0.1) is 13.8 Å². The molecule has 0 bridgehead atoms. The van der Waals surface area contributed by atoms with Crippen molar-refractivity contribution in [3.63, 3.8) is 0 Å². The van der Waals surface area contributed by atoms with Crippen LogP contribution in [0.1, 0.15) is 29.2 Å². The van der Waals surface area contributed by atoms with Crippen LogP contribution in [0.5, 0.6) is 5.75 Å². The smallest absolute Gasteiger partial charge is 0.121 e. The fraction of sp³-hybridized carbons (Fsp3) is 0.538. The highest BCUT2D eigenvalue weighted by Crippen LogP contribution is 2.28. The van der Waals surface area contributed by atoms with Gasteiger partial charge in [-0.05, 0) is 62.7 Å². The summed E-state index contributed by atoms with van der Waals surface area (Å²) in [5, 5.41) is 32.4. The van der Waals surface area contributed by atoms with E-state index in [0.717, 1.165) is 0 Å². The maximum atomic E-state index is 10.00. The van der Waals surface area contributed by atoms with Gasteiger partial charge in [0.25, 0.3) is 0 Å². The summed E-state index contributed by atoms with van der Waals surface area (Å²) in [4.78, 5) is 0. The molecule has 4 nitrogen and oxygen atoms in total. The van der Waals surface area contributed by atoms with E-state index in [-0.39, 0.29) is 5.75 Å². The Morgan fingerprint density at radius 1 is 1.18 bits per heavy atom. The topological polar surface area (TPSA) is 72.7 Å². The van der Waals surface area contributed by atoms with Gasteiger partial charge in [0.05, 0.1) is 6.10 Å². The zero-order valence-electron chi connectivity index (χ0n) is 10.6. The van der Waals surface area contributed by atoms with E-state index in [9.17, 15) is 15.3 Å². The first-order valence-electron chi connectivity index (χ1n) is 5.78. The van der Waals surface area contributed by atoms with Gasteiger partial charge in [0, 0.05) is 0 Å². The van der Waals surface area contributed by atoms with Crippen LogP contribution in [-0.2, 0) is 0 Å². The third-order valence-electron chi connectivity index (χ3n) is 2.91. The fourth-order valence-corrected chi connectivity index (χ4v) is 1.83. The summed E-state index contributed by atoms with van der Waals surface area (Å²) < 4.78 is 0. The number of benzene rings is 1. The molecule has 2 unspecified atom stereocenters. The first-order valence-corrected chi connectivity index (χ1v) is 5.78. The Bertz CT molecular complexity index is 356. The molecule has 0 radical (unpaired) electrons. The van der Waals surface area contributed by atoms with Crippen molar-refractivity contribution >= 4 is 0 Å². The van der Waals surface area contributed by atoms with Crippen molar-refractivity contribution in [1.82, 2.24) is 5.32 Å².